The topological polar surface area (TPSA) is 60.0 Å². The zero-order valence-electron chi connectivity index (χ0n) is 17.2. The fraction of sp³-hybridized carbons (Fsp3) is 0.565. The Bertz CT molecular complexity index is 800. The lowest BCUT2D eigenvalue weighted by atomic mass is 9.75. The van der Waals surface area contributed by atoms with Crippen LogP contribution in [0.4, 0.5) is 0 Å². The van der Waals surface area contributed by atoms with Gasteiger partial charge in [0.15, 0.2) is 5.66 Å². The Hall–Kier alpha value is -2.12. The lowest BCUT2D eigenvalue weighted by Gasteiger charge is -2.38. The van der Waals surface area contributed by atoms with Gasteiger partial charge in [0.1, 0.15) is 5.84 Å². The zero-order valence-corrected chi connectivity index (χ0v) is 17.2. The van der Waals surface area contributed by atoms with Crippen molar-refractivity contribution in [3.05, 3.63) is 34.9 Å². The molecule has 1 heterocycles. The van der Waals surface area contributed by atoms with Gasteiger partial charge in [-0.2, -0.15) is 0 Å². The normalized spacial score (nSPS) is 27.8. The quantitative estimate of drug-likeness (QED) is 0.817. The van der Waals surface area contributed by atoms with E-state index in [-0.39, 0.29) is 0 Å². The summed E-state index contributed by atoms with van der Waals surface area (Å²) in [7, 11) is 1.80. The molecule has 2 aliphatic rings. The minimum atomic E-state index is -0.619. The van der Waals surface area contributed by atoms with Crippen LogP contribution < -0.4 is 5.73 Å². The van der Waals surface area contributed by atoms with Crippen molar-refractivity contribution in [1.82, 2.24) is 0 Å². The van der Waals surface area contributed by atoms with Crippen LogP contribution in [-0.2, 0) is 10.4 Å². The van der Waals surface area contributed by atoms with Crippen LogP contribution in [0.3, 0.4) is 0 Å². The molecule has 1 aromatic carbocycles. The van der Waals surface area contributed by atoms with Gasteiger partial charge in [-0.25, -0.2) is 4.99 Å². The van der Waals surface area contributed by atoms with Gasteiger partial charge in [-0.15, -0.1) is 0 Å². The number of nitrogens with zero attached hydrogens (tertiary/aromatic N) is 2. The summed E-state index contributed by atoms with van der Waals surface area (Å²) in [5.74, 6) is 7.78. The molecule has 1 saturated carbocycles. The van der Waals surface area contributed by atoms with Crippen molar-refractivity contribution in [1.29, 1.82) is 0 Å². The summed E-state index contributed by atoms with van der Waals surface area (Å²) in [6, 6.07) is 6.39. The van der Waals surface area contributed by atoms with Gasteiger partial charge in [-0.05, 0) is 57.2 Å². The summed E-state index contributed by atoms with van der Waals surface area (Å²) < 4.78 is 5.57. The van der Waals surface area contributed by atoms with Crippen molar-refractivity contribution >= 4 is 11.5 Å². The lowest BCUT2D eigenvalue weighted by molar-refractivity contribution is 0.0426. The Morgan fingerprint density at radius 3 is 2.41 bits per heavy atom. The van der Waals surface area contributed by atoms with Gasteiger partial charge in [0.05, 0.1) is 11.8 Å². The molecule has 1 fully saturated rings. The summed E-state index contributed by atoms with van der Waals surface area (Å²) in [6.07, 6.45) is 4.49. The second-order valence-electron chi connectivity index (χ2n) is 8.08. The molecule has 0 radical (unpaired) electrons. The van der Waals surface area contributed by atoms with E-state index in [1.807, 2.05) is 6.92 Å². The molecule has 0 spiro atoms. The molecule has 1 aliphatic carbocycles. The van der Waals surface area contributed by atoms with Crippen LogP contribution >= 0.6 is 0 Å². The standard InChI is InChI=1S/C23H31N3O/c1-15(2)6-8-18-9-7-16(3)21(14-18)23(25-17(4)22(24)26-23)19-10-12-20(27-5)13-11-19/h7,9,14-15,19-20H,10-13H2,1-5H3,(H2,24,26). The number of rotatable bonds is 3. The third-order valence-electron chi connectivity index (χ3n) is 5.72. The molecule has 2 N–H and O–H groups in total. The van der Waals surface area contributed by atoms with Crippen LogP contribution in [0.15, 0.2) is 28.2 Å². The molecule has 0 aromatic heterocycles. The molecule has 1 unspecified atom stereocenters. The summed E-state index contributed by atoms with van der Waals surface area (Å²) in [5.41, 5.74) is 9.76. The second kappa shape index (κ2) is 7.86. The molecule has 1 atom stereocenters. The largest absolute Gasteiger partial charge is 0.382 e. The Morgan fingerprint density at radius 1 is 1.15 bits per heavy atom. The predicted octanol–water partition coefficient (Wildman–Crippen LogP) is 4.19. The molecule has 0 amide bonds. The highest BCUT2D eigenvalue weighted by molar-refractivity contribution is 6.41. The van der Waals surface area contributed by atoms with Gasteiger partial charge in [-0.1, -0.05) is 31.8 Å². The van der Waals surface area contributed by atoms with Crippen LogP contribution in [0.2, 0.25) is 0 Å². The van der Waals surface area contributed by atoms with Crippen LogP contribution in [0, 0.1) is 30.6 Å². The Labute approximate surface area is 163 Å². The maximum absolute atomic E-state index is 6.20. The fourth-order valence-corrected chi connectivity index (χ4v) is 4.15. The average molecular weight is 366 g/mol. The number of benzene rings is 1. The number of hydrogen-bond acceptors (Lipinski definition) is 4. The van der Waals surface area contributed by atoms with Gasteiger partial charge in [0, 0.05) is 30.1 Å². The molecule has 3 rings (SSSR count). The van der Waals surface area contributed by atoms with E-state index in [0.717, 1.165) is 42.5 Å². The van der Waals surface area contributed by atoms with Gasteiger partial charge < -0.3 is 10.5 Å². The van der Waals surface area contributed by atoms with E-state index < -0.39 is 5.66 Å². The Balaban J connectivity index is 2.06. The molecular formula is C23H31N3O. The number of aryl methyl sites for hydroxylation is 1. The van der Waals surface area contributed by atoms with Gasteiger partial charge in [-0.3, -0.25) is 4.99 Å². The molecule has 0 bridgehead atoms. The number of methoxy groups -OCH3 is 1. The van der Waals surface area contributed by atoms with Gasteiger partial charge in [0.2, 0.25) is 0 Å². The first kappa shape index (κ1) is 19.6. The smallest absolute Gasteiger partial charge is 0.181 e. The van der Waals surface area contributed by atoms with E-state index in [9.17, 15) is 0 Å². The molecule has 0 saturated heterocycles. The predicted molar refractivity (Wildman–Crippen MR) is 112 cm³/mol. The van der Waals surface area contributed by atoms with E-state index in [0.29, 0.717) is 23.8 Å². The van der Waals surface area contributed by atoms with E-state index in [2.05, 4.69) is 50.8 Å². The molecule has 144 valence electrons. The van der Waals surface area contributed by atoms with E-state index in [4.69, 9.17) is 20.5 Å². The van der Waals surface area contributed by atoms with Gasteiger partial charge >= 0.3 is 0 Å². The molecule has 4 nitrogen and oxygen atoms in total. The third-order valence-corrected chi connectivity index (χ3v) is 5.72. The van der Waals surface area contributed by atoms with Crippen LogP contribution in [0.1, 0.15) is 63.1 Å². The lowest BCUT2D eigenvalue weighted by Crippen LogP contribution is -2.36. The average Bonchev–Trinajstić information content (AvgIpc) is 2.96. The maximum atomic E-state index is 6.20. The van der Waals surface area contributed by atoms with Crippen molar-refractivity contribution < 1.29 is 4.74 Å². The first-order valence-corrected chi connectivity index (χ1v) is 9.93. The van der Waals surface area contributed by atoms with Crippen molar-refractivity contribution in [3.8, 4) is 11.8 Å². The van der Waals surface area contributed by atoms with Crippen LogP contribution in [-0.4, -0.2) is 24.8 Å². The van der Waals surface area contributed by atoms with E-state index in [1.165, 1.54) is 5.56 Å². The zero-order chi connectivity index (χ0) is 19.6. The Morgan fingerprint density at radius 2 is 1.85 bits per heavy atom. The molecule has 1 aliphatic heterocycles. The first-order valence-electron chi connectivity index (χ1n) is 9.93. The molecule has 1 aromatic rings. The minimum Gasteiger partial charge on any atom is -0.382 e. The highest BCUT2D eigenvalue weighted by atomic mass is 16.5. The second-order valence-corrected chi connectivity index (χ2v) is 8.08. The van der Waals surface area contributed by atoms with Gasteiger partial charge in [0.25, 0.3) is 0 Å². The van der Waals surface area contributed by atoms with Crippen molar-refractivity contribution in [2.45, 2.75) is 65.1 Å². The molecular weight excluding hydrogens is 334 g/mol. The van der Waals surface area contributed by atoms with Crippen molar-refractivity contribution in [2.75, 3.05) is 7.11 Å². The summed E-state index contributed by atoms with van der Waals surface area (Å²) in [5, 5.41) is 0. The van der Waals surface area contributed by atoms with Crippen LogP contribution in [0.25, 0.3) is 0 Å². The molecule has 27 heavy (non-hydrogen) atoms. The van der Waals surface area contributed by atoms with E-state index in [1.54, 1.807) is 7.11 Å². The molecule has 4 heteroatoms. The summed E-state index contributed by atoms with van der Waals surface area (Å²) in [6.45, 7) is 8.30. The number of amidine groups is 1. The van der Waals surface area contributed by atoms with E-state index >= 15 is 0 Å². The fourth-order valence-electron chi connectivity index (χ4n) is 4.15. The van der Waals surface area contributed by atoms with Crippen LogP contribution in [0.5, 0.6) is 0 Å². The highest BCUT2D eigenvalue weighted by Crippen LogP contribution is 2.47. The Kier molecular flexibility index (Phi) is 5.72. The maximum Gasteiger partial charge on any atom is 0.181 e. The summed E-state index contributed by atoms with van der Waals surface area (Å²) in [4.78, 5) is 9.99. The summed E-state index contributed by atoms with van der Waals surface area (Å²) >= 11 is 0. The SMILES string of the molecule is COC1CCC(C2(c3cc(C#CC(C)C)ccc3C)N=C(C)C(N)=N2)CC1. The number of ether oxygens (including phenoxy) is 1. The third kappa shape index (κ3) is 3.94. The monoisotopic (exact) mass is 365 g/mol. The first-order chi connectivity index (χ1) is 12.9. The van der Waals surface area contributed by atoms with Crippen molar-refractivity contribution in [2.24, 2.45) is 27.6 Å². The van der Waals surface area contributed by atoms with Crippen molar-refractivity contribution in [3.63, 3.8) is 0 Å². The number of nitrogens with two attached hydrogens (primary N) is 1. The highest BCUT2D eigenvalue weighted by Gasteiger charge is 2.45. The number of hydrogen-bond donors (Lipinski definition) is 1. The number of aliphatic imine (C=N–C) groups is 2. The minimum absolute atomic E-state index is 0.326.